The Morgan fingerprint density at radius 3 is 2.22 bits per heavy atom. The van der Waals surface area contributed by atoms with Gasteiger partial charge < -0.3 is 10.1 Å². The molecule has 18 heavy (non-hydrogen) atoms. The summed E-state index contributed by atoms with van der Waals surface area (Å²) in [7, 11) is 1.43. The average molecular weight is 253 g/mol. The van der Waals surface area contributed by atoms with Crippen molar-refractivity contribution in [3.05, 3.63) is 0 Å². The third-order valence-electron chi connectivity index (χ3n) is 4.75. The van der Waals surface area contributed by atoms with Gasteiger partial charge >= 0.3 is 6.09 Å². The zero-order chi connectivity index (χ0) is 12.8. The van der Waals surface area contributed by atoms with E-state index in [9.17, 15) is 4.79 Å². The van der Waals surface area contributed by atoms with Crippen LogP contribution in [-0.4, -0.2) is 19.2 Å². The third kappa shape index (κ3) is 4.18. The predicted octanol–water partition coefficient (Wildman–Crippen LogP) is 3.87. The molecule has 0 aliphatic heterocycles. The fourth-order valence-corrected chi connectivity index (χ4v) is 3.66. The highest BCUT2D eigenvalue weighted by Gasteiger charge is 2.25. The number of hydrogen-bond donors (Lipinski definition) is 1. The molecule has 2 rings (SSSR count). The van der Waals surface area contributed by atoms with Gasteiger partial charge in [-0.25, -0.2) is 4.79 Å². The summed E-state index contributed by atoms with van der Waals surface area (Å²) < 4.78 is 4.65. The van der Waals surface area contributed by atoms with Gasteiger partial charge in [0.15, 0.2) is 0 Å². The Morgan fingerprint density at radius 1 is 1.00 bits per heavy atom. The van der Waals surface area contributed by atoms with Crippen molar-refractivity contribution in [3.63, 3.8) is 0 Å². The molecular formula is C15H27NO2. The highest BCUT2D eigenvalue weighted by atomic mass is 16.5. The quantitative estimate of drug-likeness (QED) is 0.829. The van der Waals surface area contributed by atoms with Crippen molar-refractivity contribution in [2.24, 2.45) is 11.8 Å². The van der Waals surface area contributed by atoms with Crippen molar-refractivity contribution in [1.29, 1.82) is 0 Å². The van der Waals surface area contributed by atoms with E-state index in [-0.39, 0.29) is 6.09 Å². The highest BCUT2D eigenvalue weighted by molar-refractivity contribution is 5.67. The van der Waals surface area contributed by atoms with Crippen molar-refractivity contribution >= 4 is 6.09 Å². The number of ether oxygens (including phenoxy) is 1. The molecule has 0 bridgehead atoms. The first kappa shape index (κ1) is 13.7. The number of hydrogen-bond acceptors (Lipinski definition) is 2. The summed E-state index contributed by atoms with van der Waals surface area (Å²) in [6.07, 6.45) is 13.3. The van der Waals surface area contributed by atoms with Crippen molar-refractivity contribution < 1.29 is 9.53 Å². The fraction of sp³-hybridized carbons (Fsp3) is 0.933. The number of nitrogens with one attached hydrogen (secondary N) is 1. The summed E-state index contributed by atoms with van der Waals surface area (Å²) in [5.41, 5.74) is 0. The van der Waals surface area contributed by atoms with Gasteiger partial charge in [0.1, 0.15) is 0 Å². The van der Waals surface area contributed by atoms with Crippen molar-refractivity contribution in [2.45, 2.75) is 70.3 Å². The number of carbonyl (C=O) groups is 1. The molecule has 0 aromatic rings. The smallest absolute Gasteiger partial charge is 0.407 e. The van der Waals surface area contributed by atoms with Crippen molar-refractivity contribution in [3.8, 4) is 0 Å². The molecule has 2 fully saturated rings. The fourth-order valence-electron chi connectivity index (χ4n) is 3.66. The van der Waals surface area contributed by atoms with Gasteiger partial charge in [-0.2, -0.15) is 0 Å². The SMILES string of the molecule is COC(=O)N[C@H]1CC[C@@H](CC2CCCCC2)CC1. The van der Waals surface area contributed by atoms with E-state index < -0.39 is 0 Å². The molecular weight excluding hydrogens is 226 g/mol. The second-order valence-electron chi connectivity index (χ2n) is 6.09. The normalized spacial score (nSPS) is 29.8. The monoisotopic (exact) mass is 253 g/mol. The molecule has 3 nitrogen and oxygen atoms in total. The lowest BCUT2D eigenvalue weighted by atomic mass is 9.76. The summed E-state index contributed by atoms with van der Waals surface area (Å²) in [6, 6.07) is 0.347. The second-order valence-corrected chi connectivity index (χ2v) is 6.09. The highest BCUT2D eigenvalue weighted by Crippen LogP contribution is 2.35. The van der Waals surface area contributed by atoms with Gasteiger partial charge in [-0.05, 0) is 43.9 Å². The van der Waals surface area contributed by atoms with E-state index in [1.165, 1.54) is 58.5 Å². The standard InChI is InChI=1S/C15H27NO2/c1-18-15(17)16-14-9-7-13(8-10-14)11-12-5-3-2-4-6-12/h12-14H,2-11H2,1H3,(H,16,17)/t13-,14+. The van der Waals surface area contributed by atoms with Gasteiger partial charge in [-0.15, -0.1) is 0 Å². The van der Waals surface area contributed by atoms with E-state index in [0.29, 0.717) is 6.04 Å². The Morgan fingerprint density at radius 2 is 1.61 bits per heavy atom. The summed E-state index contributed by atoms with van der Waals surface area (Å²) in [4.78, 5) is 11.1. The minimum atomic E-state index is -0.272. The molecule has 3 heteroatoms. The zero-order valence-electron chi connectivity index (χ0n) is 11.6. The Labute approximate surface area is 111 Å². The van der Waals surface area contributed by atoms with Crippen LogP contribution in [0.5, 0.6) is 0 Å². The molecule has 0 aromatic heterocycles. The first-order valence-electron chi connectivity index (χ1n) is 7.62. The Hall–Kier alpha value is -0.730. The Balaban J connectivity index is 1.65. The molecule has 0 radical (unpaired) electrons. The summed E-state index contributed by atoms with van der Waals surface area (Å²) in [6.45, 7) is 0. The zero-order valence-corrected chi connectivity index (χ0v) is 11.6. The molecule has 2 saturated carbocycles. The van der Waals surface area contributed by atoms with E-state index in [1.807, 2.05) is 0 Å². The molecule has 0 heterocycles. The molecule has 0 spiro atoms. The van der Waals surface area contributed by atoms with Crippen LogP contribution in [0.25, 0.3) is 0 Å². The topological polar surface area (TPSA) is 38.3 Å². The van der Waals surface area contributed by atoms with Crippen molar-refractivity contribution in [2.75, 3.05) is 7.11 Å². The maximum Gasteiger partial charge on any atom is 0.407 e. The summed E-state index contributed by atoms with van der Waals surface area (Å²) in [5, 5.41) is 2.93. The second kappa shape index (κ2) is 7.01. The lowest BCUT2D eigenvalue weighted by Gasteiger charge is -2.32. The largest absolute Gasteiger partial charge is 0.453 e. The molecule has 1 N–H and O–H groups in total. The maximum atomic E-state index is 11.1. The lowest BCUT2D eigenvalue weighted by molar-refractivity contribution is 0.157. The van der Waals surface area contributed by atoms with Crippen molar-refractivity contribution in [1.82, 2.24) is 5.32 Å². The van der Waals surface area contributed by atoms with Gasteiger partial charge in [-0.3, -0.25) is 0 Å². The van der Waals surface area contributed by atoms with Crippen LogP contribution in [0, 0.1) is 11.8 Å². The first-order chi connectivity index (χ1) is 8.78. The minimum absolute atomic E-state index is 0.272. The maximum absolute atomic E-state index is 11.1. The summed E-state index contributed by atoms with van der Waals surface area (Å²) in [5.74, 6) is 1.90. The molecule has 0 unspecified atom stereocenters. The lowest BCUT2D eigenvalue weighted by Crippen LogP contribution is -2.37. The number of amides is 1. The predicted molar refractivity (Wildman–Crippen MR) is 72.5 cm³/mol. The molecule has 2 aliphatic rings. The molecule has 0 saturated heterocycles. The third-order valence-corrected chi connectivity index (χ3v) is 4.75. The Kier molecular flexibility index (Phi) is 5.33. The average Bonchev–Trinajstić information content (AvgIpc) is 2.42. The van der Waals surface area contributed by atoms with Gasteiger partial charge in [0, 0.05) is 6.04 Å². The molecule has 0 aromatic carbocycles. The van der Waals surface area contributed by atoms with Crippen LogP contribution < -0.4 is 5.32 Å². The van der Waals surface area contributed by atoms with Gasteiger partial charge in [0.2, 0.25) is 0 Å². The van der Waals surface area contributed by atoms with E-state index in [0.717, 1.165) is 24.7 Å². The van der Waals surface area contributed by atoms with Crippen LogP contribution in [0.3, 0.4) is 0 Å². The molecule has 0 atom stereocenters. The number of rotatable bonds is 3. The first-order valence-corrected chi connectivity index (χ1v) is 7.62. The van der Waals surface area contributed by atoms with Gasteiger partial charge in [-0.1, -0.05) is 32.1 Å². The van der Waals surface area contributed by atoms with Gasteiger partial charge in [0.05, 0.1) is 7.11 Å². The van der Waals surface area contributed by atoms with Gasteiger partial charge in [0.25, 0.3) is 0 Å². The van der Waals surface area contributed by atoms with Crippen LogP contribution in [-0.2, 0) is 4.74 Å². The van der Waals surface area contributed by atoms with Crippen LogP contribution in [0.4, 0.5) is 4.79 Å². The van der Waals surface area contributed by atoms with E-state index in [1.54, 1.807) is 0 Å². The Bertz CT molecular complexity index is 253. The van der Waals surface area contributed by atoms with Crippen LogP contribution in [0.1, 0.15) is 64.2 Å². The molecule has 104 valence electrons. The number of alkyl carbamates (subject to hydrolysis) is 1. The van der Waals surface area contributed by atoms with E-state index >= 15 is 0 Å². The summed E-state index contributed by atoms with van der Waals surface area (Å²) >= 11 is 0. The van der Waals surface area contributed by atoms with Crippen LogP contribution >= 0.6 is 0 Å². The number of carbonyl (C=O) groups excluding carboxylic acids is 1. The van der Waals surface area contributed by atoms with E-state index in [2.05, 4.69) is 10.1 Å². The molecule has 1 amide bonds. The van der Waals surface area contributed by atoms with Crippen LogP contribution in [0.15, 0.2) is 0 Å². The van der Waals surface area contributed by atoms with E-state index in [4.69, 9.17) is 0 Å². The van der Waals surface area contributed by atoms with Crippen LogP contribution in [0.2, 0.25) is 0 Å². The number of methoxy groups -OCH3 is 1. The molecule has 2 aliphatic carbocycles. The minimum Gasteiger partial charge on any atom is -0.453 e.